The van der Waals surface area contributed by atoms with Crippen LogP contribution in [0.25, 0.3) is 0 Å². The monoisotopic (exact) mass is 324 g/mol. The lowest BCUT2D eigenvalue weighted by Gasteiger charge is -2.20. The summed E-state index contributed by atoms with van der Waals surface area (Å²) in [5, 5.41) is 9.73. The van der Waals surface area contributed by atoms with Crippen molar-refractivity contribution in [3.05, 3.63) is 58.3 Å². The third-order valence-electron chi connectivity index (χ3n) is 2.60. The molecule has 0 unspecified atom stereocenters. The van der Waals surface area contributed by atoms with E-state index in [1.165, 1.54) is 24.4 Å². The van der Waals surface area contributed by atoms with Crippen molar-refractivity contribution in [3.8, 4) is 0 Å². The van der Waals surface area contributed by atoms with Gasteiger partial charge in [-0.1, -0.05) is 29.3 Å². The van der Waals surface area contributed by atoms with Crippen molar-refractivity contribution in [2.45, 2.75) is 0 Å². The third-order valence-corrected chi connectivity index (χ3v) is 3.07. The molecule has 0 radical (unpaired) electrons. The number of rotatable bonds is 4. The maximum Gasteiger partial charge on any atom is 0.323 e. The van der Waals surface area contributed by atoms with Gasteiger partial charge < -0.3 is 5.11 Å². The van der Waals surface area contributed by atoms with Crippen LogP contribution in [0.15, 0.2) is 42.6 Å². The van der Waals surface area contributed by atoms with Crippen LogP contribution < -0.4 is 4.90 Å². The molecule has 21 heavy (non-hydrogen) atoms. The first kappa shape index (κ1) is 15.3. The van der Waals surface area contributed by atoms with Crippen molar-refractivity contribution < 1.29 is 14.7 Å². The van der Waals surface area contributed by atoms with Crippen LogP contribution in [0.5, 0.6) is 0 Å². The average Bonchev–Trinajstić information content (AvgIpc) is 2.44. The number of benzene rings is 1. The van der Waals surface area contributed by atoms with Crippen molar-refractivity contribution in [1.29, 1.82) is 0 Å². The Balaban J connectivity index is 2.40. The highest BCUT2D eigenvalue weighted by atomic mass is 35.5. The van der Waals surface area contributed by atoms with E-state index in [2.05, 4.69) is 4.98 Å². The van der Waals surface area contributed by atoms with Gasteiger partial charge in [0.05, 0.1) is 0 Å². The molecule has 7 heteroatoms. The van der Waals surface area contributed by atoms with E-state index in [1.807, 2.05) is 0 Å². The lowest BCUT2D eigenvalue weighted by atomic mass is 10.2. The SMILES string of the molecule is O=C(O)CN(C(=O)c1cc(Cl)ccn1)c1cccc(Cl)c1. The fourth-order valence-corrected chi connectivity index (χ4v) is 2.06. The Morgan fingerprint density at radius 3 is 2.48 bits per heavy atom. The summed E-state index contributed by atoms with van der Waals surface area (Å²) in [6.45, 7) is -0.507. The van der Waals surface area contributed by atoms with E-state index in [0.717, 1.165) is 4.90 Å². The Labute approximate surface area is 130 Å². The van der Waals surface area contributed by atoms with E-state index in [9.17, 15) is 9.59 Å². The highest BCUT2D eigenvalue weighted by molar-refractivity contribution is 6.31. The van der Waals surface area contributed by atoms with Gasteiger partial charge in [0.15, 0.2) is 0 Å². The third kappa shape index (κ3) is 3.93. The number of amides is 1. The van der Waals surface area contributed by atoms with Crippen LogP contribution in [0.4, 0.5) is 5.69 Å². The molecule has 0 spiro atoms. The van der Waals surface area contributed by atoms with Crippen LogP contribution >= 0.6 is 23.2 Å². The molecule has 1 N–H and O–H groups in total. The zero-order valence-electron chi connectivity index (χ0n) is 10.7. The molecule has 0 bridgehead atoms. The molecule has 1 heterocycles. The largest absolute Gasteiger partial charge is 0.480 e. The fraction of sp³-hybridized carbons (Fsp3) is 0.0714. The van der Waals surface area contributed by atoms with Crippen LogP contribution in [-0.2, 0) is 4.79 Å². The van der Waals surface area contributed by atoms with Gasteiger partial charge in [-0.25, -0.2) is 0 Å². The minimum absolute atomic E-state index is 0.0590. The van der Waals surface area contributed by atoms with Gasteiger partial charge >= 0.3 is 5.97 Å². The van der Waals surface area contributed by atoms with Crippen LogP contribution in [0, 0.1) is 0 Å². The number of aliphatic carboxylic acids is 1. The van der Waals surface area contributed by atoms with E-state index >= 15 is 0 Å². The van der Waals surface area contributed by atoms with Gasteiger partial charge in [-0.15, -0.1) is 0 Å². The number of anilines is 1. The normalized spacial score (nSPS) is 10.2. The smallest absolute Gasteiger partial charge is 0.323 e. The van der Waals surface area contributed by atoms with Gasteiger partial charge in [-0.05, 0) is 30.3 Å². The van der Waals surface area contributed by atoms with E-state index < -0.39 is 18.4 Å². The maximum atomic E-state index is 12.4. The summed E-state index contributed by atoms with van der Waals surface area (Å²) in [7, 11) is 0. The van der Waals surface area contributed by atoms with Crippen molar-refractivity contribution in [1.82, 2.24) is 4.98 Å². The molecule has 0 aliphatic carbocycles. The molecule has 0 atom stereocenters. The van der Waals surface area contributed by atoms with E-state index in [1.54, 1.807) is 18.2 Å². The number of hydrogen-bond donors (Lipinski definition) is 1. The molecule has 0 saturated carbocycles. The number of carbonyl (C=O) groups is 2. The van der Waals surface area contributed by atoms with Crippen molar-refractivity contribution >= 4 is 40.8 Å². The molecule has 0 fully saturated rings. The number of hydrogen-bond acceptors (Lipinski definition) is 3. The number of nitrogens with zero attached hydrogens (tertiary/aromatic N) is 2. The molecule has 1 amide bonds. The van der Waals surface area contributed by atoms with E-state index in [-0.39, 0.29) is 5.69 Å². The number of pyridine rings is 1. The zero-order valence-corrected chi connectivity index (χ0v) is 12.2. The Morgan fingerprint density at radius 2 is 1.86 bits per heavy atom. The van der Waals surface area contributed by atoms with Crippen LogP contribution in [0.3, 0.4) is 0 Å². The van der Waals surface area contributed by atoms with Crippen molar-refractivity contribution in [2.24, 2.45) is 0 Å². The topological polar surface area (TPSA) is 70.5 Å². The second kappa shape index (κ2) is 6.56. The molecule has 2 aromatic rings. The van der Waals surface area contributed by atoms with Gasteiger partial charge in [0, 0.05) is 21.9 Å². The highest BCUT2D eigenvalue weighted by Crippen LogP contribution is 2.21. The van der Waals surface area contributed by atoms with Gasteiger partial charge in [0.2, 0.25) is 0 Å². The average molecular weight is 325 g/mol. The number of carbonyl (C=O) groups excluding carboxylic acids is 1. The Hall–Kier alpha value is -2.11. The van der Waals surface area contributed by atoms with Gasteiger partial charge in [0.1, 0.15) is 12.2 Å². The quantitative estimate of drug-likeness (QED) is 0.937. The lowest BCUT2D eigenvalue weighted by molar-refractivity contribution is -0.135. The summed E-state index contributed by atoms with van der Waals surface area (Å²) in [4.78, 5) is 28.4. The lowest BCUT2D eigenvalue weighted by Crippen LogP contribution is -2.36. The molecular weight excluding hydrogens is 315 g/mol. The summed E-state index contributed by atoms with van der Waals surface area (Å²) in [6, 6.07) is 9.27. The predicted molar refractivity (Wildman–Crippen MR) is 80.0 cm³/mol. The molecule has 0 aliphatic rings. The maximum absolute atomic E-state index is 12.4. The molecule has 108 valence electrons. The van der Waals surface area contributed by atoms with E-state index in [0.29, 0.717) is 15.7 Å². The van der Waals surface area contributed by atoms with E-state index in [4.69, 9.17) is 28.3 Å². The summed E-state index contributed by atoms with van der Waals surface area (Å²) in [6.07, 6.45) is 1.38. The first-order valence-electron chi connectivity index (χ1n) is 5.88. The standard InChI is InChI=1S/C14H10Cl2N2O3/c15-9-2-1-3-11(6-9)18(8-13(19)20)14(21)12-7-10(16)4-5-17-12/h1-7H,8H2,(H,19,20). The molecule has 5 nitrogen and oxygen atoms in total. The highest BCUT2D eigenvalue weighted by Gasteiger charge is 2.21. The molecule has 0 aliphatic heterocycles. The summed E-state index contributed by atoms with van der Waals surface area (Å²) in [5.41, 5.74) is 0.431. The second-order valence-corrected chi connectivity index (χ2v) is 5.00. The number of aromatic nitrogens is 1. The number of halogens is 2. The Bertz CT molecular complexity index is 691. The number of carboxylic acids is 1. The van der Waals surface area contributed by atoms with Crippen LogP contribution in [0.2, 0.25) is 10.0 Å². The minimum atomic E-state index is -1.15. The second-order valence-electron chi connectivity index (χ2n) is 4.12. The summed E-state index contributed by atoms with van der Waals surface area (Å²) >= 11 is 11.7. The zero-order chi connectivity index (χ0) is 15.4. The first-order chi connectivity index (χ1) is 9.97. The number of carboxylic acid groups (broad SMARTS) is 1. The summed E-state index contributed by atoms with van der Waals surface area (Å²) < 4.78 is 0. The molecule has 1 aromatic carbocycles. The Morgan fingerprint density at radius 1 is 1.14 bits per heavy atom. The van der Waals surface area contributed by atoms with Crippen molar-refractivity contribution in [2.75, 3.05) is 11.4 Å². The van der Waals surface area contributed by atoms with Gasteiger partial charge in [-0.3, -0.25) is 19.5 Å². The Kier molecular flexibility index (Phi) is 4.77. The van der Waals surface area contributed by atoms with Crippen LogP contribution in [0.1, 0.15) is 10.5 Å². The molecule has 1 aromatic heterocycles. The molecular formula is C14H10Cl2N2O3. The fourth-order valence-electron chi connectivity index (χ4n) is 1.72. The molecule has 0 saturated heterocycles. The van der Waals surface area contributed by atoms with Gasteiger partial charge in [0.25, 0.3) is 5.91 Å². The first-order valence-corrected chi connectivity index (χ1v) is 6.64. The minimum Gasteiger partial charge on any atom is -0.480 e. The summed E-state index contributed by atoms with van der Waals surface area (Å²) in [5.74, 6) is -1.72. The van der Waals surface area contributed by atoms with Crippen LogP contribution in [-0.4, -0.2) is 28.5 Å². The van der Waals surface area contributed by atoms with Crippen molar-refractivity contribution in [3.63, 3.8) is 0 Å². The predicted octanol–water partition coefficient (Wildman–Crippen LogP) is 3.12. The molecule has 2 rings (SSSR count). The van der Waals surface area contributed by atoms with Gasteiger partial charge in [-0.2, -0.15) is 0 Å².